The first-order valence-corrected chi connectivity index (χ1v) is 12.2. The molecule has 1 unspecified atom stereocenters. The molecule has 0 spiro atoms. The molecule has 2 aliphatic carbocycles. The van der Waals surface area contributed by atoms with Gasteiger partial charge in [-0.2, -0.15) is 5.26 Å². The van der Waals surface area contributed by atoms with E-state index in [4.69, 9.17) is 23.2 Å². The van der Waals surface area contributed by atoms with Gasteiger partial charge in [-0.15, -0.1) is 0 Å². The van der Waals surface area contributed by atoms with Crippen LogP contribution in [-0.2, 0) is 5.41 Å². The number of urea groups is 1. The van der Waals surface area contributed by atoms with Gasteiger partial charge in [-0.3, -0.25) is 0 Å². The maximum absolute atomic E-state index is 13.3. The minimum absolute atomic E-state index is 0.150. The lowest BCUT2D eigenvalue weighted by atomic mass is 9.80. The Kier molecular flexibility index (Phi) is 7.13. The Morgan fingerprint density at radius 1 is 1.30 bits per heavy atom. The Hall–Kier alpha value is -2.33. The number of hydrogen-bond donors (Lipinski definition) is 2. The number of benzene rings is 1. The third-order valence-electron chi connectivity index (χ3n) is 6.90. The first kappa shape index (κ1) is 23.8. The number of halogens is 2. The molecule has 2 aromatic rings. The average molecular weight is 486 g/mol. The molecule has 1 heterocycles. The molecule has 33 heavy (non-hydrogen) atoms. The Bertz CT molecular complexity index is 1050. The van der Waals surface area contributed by atoms with Crippen LogP contribution in [0, 0.1) is 17.2 Å². The summed E-state index contributed by atoms with van der Waals surface area (Å²) in [5.74, 6) is 0.531. The lowest BCUT2D eigenvalue weighted by Gasteiger charge is -2.37. The minimum Gasteiger partial charge on any atom is -0.320 e. The molecule has 0 aliphatic heterocycles. The van der Waals surface area contributed by atoms with Crippen LogP contribution in [0.1, 0.15) is 50.7 Å². The van der Waals surface area contributed by atoms with Gasteiger partial charge in [0.25, 0.3) is 0 Å². The second-order valence-corrected chi connectivity index (χ2v) is 10.2. The number of carbonyl (C=O) groups is 1. The van der Waals surface area contributed by atoms with E-state index in [1.165, 1.54) is 5.56 Å². The highest BCUT2D eigenvalue weighted by atomic mass is 35.5. The summed E-state index contributed by atoms with van der Waals surface area (Å²) in [4.78, 5) is 19.2. The Labute approximate surface area is 205 Å². The molecule has 3 atom stereocenters. The molecule has 2 aliphatic rings. The molecule has 0 radical (unpaired) electrons. The van der Waals surface area contributed by atoms with E-state index in [-0.39, 0.29) is 27.8 Å². The van der Waals surface area contributed by atoms with E-state index < -0.39 is 0 Å². The number of anilines is 1. The van der Waals surface area contributed by atoms with Crippen molar-refractivity contribution in [3.8, 4) is 6.07 Å². The van der Waals surface area contributed by atoms with Crippen molar-refractivity contribution < 1.29 is 4.79 Å². The molecule has 2 fully saturated rings. The van der Waals surface area contributed by atoms with E-state index in [1.807, 2.05) is 23.1 Å². The lowest BCUT2D eigenvalue weighted by molar-refractivity contribution is 0.160. The zero-order valence-corrected chi connectivity index (χ0v) is 20.5. The Balaban J connectivity index is 1.47. The molecular formula is C25H29Cl2N5O. The van der Waals surface area contributed by atoms with Crippen molar-refractivity contribution in [1.82, 2.24) is 15.2 Å². The number of fused-ring (bicyclic) bond motifs is 1. The fourth-order valence-electron chi connectivity index (χ4n) is 5.20. The quantitative estimate of drug-likeness (QED) is 0.499. The smallest absolute Gasteiger partial charge is 0.320 e. The molecule has 2 saturated carbocycles. The first-order valence-electron chi connectivity index (χ1n) is 11.5. The van der Waals surface area contributed by atoms with E-state index in [0.717, 1.165) is 32.2 Å². The summed E-state index contributed by atoms with van der Waals surface area (Å²) in [5.41, 5.74) is 2.68. The van der Waals surface area contributed by atoms with Gasteiger partial charge in [0, 0.05) is 30.9 Å². The lowest BCUT2D eigenvalue weighted by Crippen LogP contribution is -2.48. The maximum Gasteiger partial charge on any atom is 0.322 e. The fourth-order valence-corrected chi connectivity index (χ4v) is 5.66. The van der Waals surface area contributed by atoms with Crippen molar-refractivity contribution in [3.63, 3.8) is 0 Å². The third-order valence-corrected chi connectivity index (χ3v) is 7.29. The Morgan fingerprint density at radius 2 is 2.06 bits per heavy atom. The summed E-state index contributed by atoms with van der Waals surface area (Å²) >= 11 is 12.0. The van der Waals surface area contributed by atoms with Crippen LogP contribution in [0.15, 0.2) is 36.4 Å². The molecule has 1 aromatic heterocycles. The second-order valence-electron chi connectivity index (χ2n) is 9.41. The normalized spacial score (nSPS) is 23.5. The third kappa shape index (κ3) is 5.43. The van der Waals surface area contributed by atoms with E-state index >= 15 is 0 Å². The number of hydrogen-bond acceptors (Lipinski definition) is 4. The van der Waals surface area contributed by atoms with Crippen LogP contribution >= 0.6 is 23.2 Å². The van der Waals surface area contributed by atoms with Crippen LogP contribution in [0.2, 0.25) is 10.3 Å². The van der Waals surface area contributed by atoms with Crippen LogP contribution in [0.5, 0.6) is 0 Å². The van der Waals surface area contributed by atoms with Gasteiger partial charge in [0.15, 0.2) is 0 Å². The molecular weight excluding hydrogens is 457 g/mol. The van der Waals surface area contributed by atoms with Crippen molar-refractivity contribution in [3.05, 3.63) is 57.8 Å². The van der Waals surface area contributed by atoms with Gasteiger partial charge in [-0.1, -0.05) is 49.2 Å². The number of carbonyl (C=O) groups excluding carboxylic acids is 1. The summed E-state index contributed by atoms with van der Waals surface area (Å²) < 4.78 is 0. The van der Waals surface area contributed by atoms with Crippen LogP contribution in [-0.4, -0.2) is 41.1 Å². The number of rotatable bonds is 7. The summed E-state index contributed by atoms with van der Waals surface area (Å²) in [6.45, 7) is 5.53. The van der Waals surface area contributed by atoms with Crippen LogP contribution < -0.4 is 10.6 Å². The van der Waals surface area contributed by atoms with E-state index in [1.54, 1.807) is 12.1 Å². The van der Waals surface area contributed by atoms with Crippen molar-refractivity contribution in [2.45, 2.75) is 57.0 Å². The topological polar surface area (TPSA) is 81.1 Å². The van der Waals surface area contributed by atoms with Crippen LogP contribution in [0.25, 0.3) is 0 Å². The largest absolute Gasteiger partial charge is 0.322 e. The highest BCUT2D eigenvalue weighted by Gasteiger charge is 2.58. The van der Waals surface area contributed by atoms with Gasteiger partial charge in [-0.25, -0.2) is 9.78 Å². The number of nitrogens with zero attached hydrogens (tertiary/aromatic N) is 3. The summed E-state index contributed by atoms with van der Waals surface area (Å²) in [7, 11) is 0. The molecule has 2 amide bonds. The van der Waals surface area contributed by atoms with Crippen molar-refractivity contribution in [2.75, 3.05) is 18.4 Å². The Morgan fingerprint density at radius 3 is 2.73 bits per heavy atom. The molecule has 0 saturated heterocycles. The molecule has 1 aromatic carbocycles. The van der Waals surface area contributed by atoms with Crippen LogP contribution in [0.3, 0.4) is 0 Å². The zero-order chi connectivity index (χ0) is 23.6. The molecule has 2 N–H and O–H groups in total. The summed E-state index contributed by atoms with van der Waals surface area (Å²) in [6, 6.07) is 13.8. The van der Waals surface area contributed by atoms with E-state index in [0.29, 0.717) is 29.8 Å². The standard InChI is InChI=1S/C25H29Cl2N5O/c1-16(2)29-8-9-32(24(33)30-20-12-22(26)31-23(27)13-20)21-6-7-25(14-19(25)11-21)18-5-3-4-17(10-18)15-28/h3-5,10,12-13,16,19,21,29H,6-9,11,14H2,1-2H3,(H,30,31,33)/t19?,21-,25-/m1/s1. The minimum atomic E-state index is -0.150. The predicted molar refractivity (Wildman–Crippen MR) is 132 cm³/mol. The number of amides is 2. The van der Waals surface area contributed by atoms with Gasteiger partial charge in [0.1, 0.15) is 10.3 Å². The maximum atomic E-state index is 13.3. The SMILES string of the molecule is CC(C)NCCN(C(=O)Nc1cc(Cl)nc(Cl)c1)[C@@H]1CC[C@]2(c3cccc(C#N)c3)CC2C1. The van der Waals surface area contributed by atoms with Gasteiger partial charge in [0.05, 0.1) is 11.6 Å². The molecule has 4 rings (SSSR count). The first-order chi connectivity index (χ1) is 15.8. The highest BCUT2D eigenvalue weighted by Crippen LogP contribution is 2.62. The number of nitriles is 1. The van der Waals surface area contributed by atoms with Crippen LogP contribution in [0.4, 0.5) is 10.5 Å². The van der Waals surface area contributed by atoms with Gasteiger partial charge in [-0.05, 0) is 66.8 Å². The number of pyridine rings is 1. The fraction of sp³-hybridized carbons (Fsp3) is 0.480. The predicted octanol–water partition coefficient (Wildman–Crippen LogP) is 5.60. The summed E-state index contributed by atoms with van der Waals surface area (Å²) in [6.07, 6.45) is 4.03. The van der Waals surface area contributed by atoms with Crippen molar-refractivity contribution in [2.24, 2.45) is 5.92 Å². The summed E-state index contributed by atoms with van der Waals surface area (Å²) in [5, 5.41) is 16.1. The van der Waals surface area contributed by atoms with E-state index in [9.17, 15) is 10.1 Å². The van der Waals surface area contributed by atoms with Gasteiger partial charge in [0.2, 0.25) is 0 Å². The number of aromatic nitrogens is 1. The average Bonchev–Trinajstić information content (AvgIpc) is 3.51. The van der Waals surface area contributed by atoms with Crippen molar-refractivity contribution >= 4 is 34.9 Å². The molecule has 174 valence electrons. The molecule has 0 bridgehead atoms. The van der Waals surface area contributed by atoms with E-state index in [2.05, 4.69) is 41.6 Å². The second kappa shape index (κ2) is 9.89. The monoisotopic (exact) mass is 485 g/mol. The molecule has 8 heteroatoms. The van der Waals surface area contributed by atoms with Crippen molar-refractivity contribution in [1.29, 1.82) is 5.26 Å². The number of nitrogens with one attached hydrogen (secondary N) is 2. The zero-order valence-electron chi connectivity index (χ0n) is 18.9. The highest BCUT2D eigenvalue weighted by molar-refractivity contribution is 6.32. The molecule has 6 nitrogen and oxygen atoms in total. The van der Waals surface area contributed by atoms with Gasteiger partial charge < -0.3 is 15.5 Å². The van der Waals surface area contributed by atoms with Gasteiger partial charge >= 0.3 is 6.03 Å².